The number of hydrogen-bond donors (Lipinski definition) is 1. The fraction of sp³-hybridized carbons (Fsp3) is 0.294. The molecule has 3 rings (SSSR count). The lowest BCUT2D eigenvalue weighted by Crippen LogP contribution is -2.42. The number of methoxy groups -OCH3 is 1. The van der Waals surface area contributed by atoms with Crippen LogP contribution in [0.15, 0.2) is 35.7 Å². The van der Waals surface area contributed by atoms with Gasteiger partial charge in [-0.05, 0) is 42.5 Å². The molecular weight excluding hydrogens is 348 g/mol. The summed E-state index contributed by atoms with van der Waals surface area (Å²) in [5, 5.41) is 5.12. The highest BCUT2D eigenvalue weighted by atomic mass is 35.5. The molecule has 0 saturated carbocycles. The first-order valence-electron chi connectivity index (χ1n) is 7.59. The number of rotatable bonds is 4. The third kappa shape index (κ3) is 3.39. The topological polar surface area (TPSA) is 58.6 Å². The maximum Gasteiger partial charge on any atom is 0.264 e. The number of amides is 2. The van der Waals surface area contributed by atoms with Crippen LogP contribution < -0.4 is 10.1 Å². The van der Waals surface area contributed by atoms with E-state index in [2.05, 4.69) is 5.32 Å². The standard InChI is InChI=1S/C17H17ClN2O3S/c1-23-14-7-6-11(10-12(14)18)19-16(21)13-4-2-8-20(13)17(22)15-5-3-9-24-15/h3,5-7,9-10,13H,2,4,8H2,1H3,(H,19,21). The minimum absolute atomic E-state index is 0.0876. The Kier molecular flexibility index (Phi) is 5.06. The van der Waals surface area contributed by atoms with Gasteiger partial charge in [0.15, 0.2) is 0 Å². The van der Waals surface area contributed by atoms with Gasteiger partial charge in [0.25, 0.3) is 5.91 Å². The Balaban J connectivity index is 1.72. The van der Waals surface area contributed by atoms with Crippen molar-refractivity contribution in [1.29, 1.82) is 0 Å². The molecule has 1 aromatic carbocycles. The first-order valence-corrected chi connectivity index (χ1v) is 8.85. The van der Waals surface area contributed by atoms with Crippen molar-refractivity contribution in [2.45, 2.75) is 18.9 Å². The Bertz CT molecular complexity index is 748. The molecule has 1 aromatic heterocycles. The molecule has 2 aromatic rings. The summed E-state index contributed by atoms with van der Waals surface area (Å²) in [6.07, 6.45) is 1.48. The quantitative estimate of drug-likeness (QED) is 0.900. The lowest BCUT2D eigenvalue weighted by molar-refractivity contribution is -0.119. The molecule has 2 heterocycles. The van der Waals surface area contributed by atoms with Gasteiger partial charge in [-0.3, -0.25) is 9.59 Å². The number of halogens is 1. The van der Waals surface area contributed by atoms with Crippen LogP contribution >= 0.6 is 22.9 Å². The Morgan fingerprint density at radius 1 is 1.38 bits per heavy atom. The highest BCUT2D eigenvalue weighted by Crippen LogP contribution is 2.28. The highest BCUT2D eigenvalue weighted by molar-refractivity contribution is 7.12. The van der Waals surface area contributed by atoms with Crippen LogP contribution in [0.1, 0.15) is 22.5 Å². The number of anilines is 1. The van der Waals surface area contributed by atoms with E-state index >= 15 is 0 Å². The molecule has 1 N–H and O–H groups in total. The second kappa shape index (κ2) is 7.23. The van der Waals surface area contributed by atoms with Gasteiger partial charge < -0.3 is 15.0 Å². The molecule has 0 spiro atoms. The van der Waals surface area contributed by atoms with Gasteiger partial charge in [0, 0.05) is 12.2 Å². The third-order valence-electron chi connectivity index (χ3n) is 3.97. The van der Waals surface area contributed by atoms with E-state index in [0.717, 1.165) is 6.42 Å². The third-order valence-corrected chi connectivity index (χ3v) is 5.12. The fourth-order valence-corrected chi connectivity index (χ4v) is 3.73. The molecule has 1 saturated heterocycles. The van der Waals surface area contributed by atoms with Gasteiger partial charge in [-0.25, -0.2) is 0 Å². The Morgan fingerprint density at radius 2 is 2.21 bits per heavy atom. The zero-order chi connectivity index (χ0) is 17.1. The van der Waals surface area contributed by atoms with Crippen LogP contribution in [0, 0.1) is 0 Å². The molecular formula is C17H17ClN2O3S. The maximum atomic E-state index is 12.6. The van der Waals surface area contributed by atoms with E-state index in [1.54, 1.807) is 29.2 Å². The summed E-state index contributed by atoms with van der Waals surface area (Å²) in [4.78, 5) is 27.4. The van der Waals surface area contributed by atoms with E-state index in [0.29, 0.717) is 34.3 Å². The summed E-state index contributed by atoms with van der Waals surface area (Å²) in [6.45, 7) is 0.595. The summed E-state index contributed by atoms with van der Waals surface area (Å²) < 4.78 is 5.10. The van der Waals surface area contributed by atoms with Crippen molar-refractivity contribution in [3.05, 3.63) is 45.6 Å². The molecule has 1 unspecified atom stereocenters. The van der Waals surface area contributed by atoms with Crippen LogP contribution in [0.2, 0.25) is 5.02 Å². The SMILES string of the molecule is COc1ccc(NC(=O)C2CCCN2C(=O)c2cccs2)cc1Cl. The van der Waals surface area contributed by atoms with Crippen molar-refractivity contribution in [2.24, 2.45) is 0 Å². The van der Waals surface area contributed by atoms with Gasteiger partial charge in [0.1, 0.15) is 11.8 Å². The van der Waals surface area contributed by atoms with Gasteiger partial charge >= 0.3 is 0 Å². The number of carbonyl (C=O) groups is 2. The van der Waals surface area contributed by atoms with Crippen LogP contribution in [-0.4, -0.2) is 36.4 Å². The molecule has 1 fully saturated rings. The average molecular weight is 365 g/mol. The Labute approximate surface area is 149 Å². The molecule has 0 aliphatic carbocycles. The average Bonchev–Trinajstić information content (AvgIpc) is 3.26. The second-order valence-electron chi connectivity index (χ2n) is 5.47. The molecule has 126 valence electrons. The van der Waals surface area contributed by atoms with E-state index in [4.69, 9.17) is 16.3 Å². The molecule has 24 heavy (non-hydrogen) atoms. The van der Waals surface area contributed by atoms with E-state index in [9.17, 15) is 9.59 Å². The van der Waals surface area contributed by atoms with E-state index in [1.165, 1.54) is 18.4 Å². The zero-order valence-electron chi connectivity index (χ0n) is 13.1. The van der Waals surface area contributed by atoms with Crippen molar-refractivity contribution >= 4 is 40.4 Å². The van der Waals surface area contributed by atoms with Gasteiger partial charge in [0.2, 0.25) is 5.91 Å². The van der Waals surface area contributed by atoms with E-state index < -0.39 is 6.04 Å². The zero-order valence-corrected chi connectivity index (χ0v) is 14.7. The first kappa shape index (κ1) is 16.8. The monoisotopic (exact) mass is 364 g/mol. The number of nitrogens with one attached hydrogen (secondary N) is 1. The molecule has 1 atom stereocenters. The normalized spacial score (nSPS) is 16.9. The summed E-state index contributed by atoms with van der Waals surface area (Å²) in [5.74, 6) is 0.263. The van der Waals surface area contributed by atoms with Crippen LogP contribution in [0.3, 0.4) is 0 Å². The summed E-state index contributed by atoms with van der Waals surface area (Å²) in [7, 11) is 1.53. The first-order chi connectivity index (χ1) is 11.6. The summed E-state index contributed by atoms with van der Waals surface area (Å²) in [6, 6.07) is 8.22. The predicted octanol–water partition coefficient (Wildman–Crippen LogP) is 3.65. The number of thiophene rings is 1. The lowest BCUT2D eigenvalue weighted by atomic mass is 10.2. The van der Waals surface area contributed by atoms with Crippen molar-refractivity contribution in [3.8, 4) is 5.75 Å². The minimum Gasteiger partial charge on any atom is -0.495 e. The number of benzene rings is 1. The summed E-state index contributed by atoms with van der Waals surface area (Å²) >= 11 is 7.47. The largest absolute Gasteiger partial charge is 0.495 e. The Morgan fingerprint density at radius 3 is 2.88 bits per heavy atom. The van der Waals surface area contributed by atoms with Crippen LogP contribution in [-0.2, 0) is 4.79 Å². The number of likely N-dealkylation sites (tertiary alicyclic amines) is 1. The van der Waals surface area contributed by atoms with E-state index in [-0.39, 0.29) is 11.8 Å². The van der Waals surface area contributed by atoms with Gasteiger partial charge in [0.05, 0.1) is 17.0 Å². The minimum atomic E-state index is -0.458. The summed E-state index contributed by atoms with van der Waals surface area (Å²) in [5.41, 5.74) is 0.584. The van der Waals surface area contributed by atoms with Gasteiger partial charge in [-0.15, -0.1) is 11.3 Å². The van der Waals surface area contributed by atoms with Gasteiger partial charge in [-0.1, -0.05) is 17.7 Å². The molecule has 7 heteroatoms. The predicted molar refractivity (Wildman–Crippen MR) is 95.0 cm³/mol. The van der Waals surface area contributed by atoms with Crippen molar-refractivity contribution in [2.75, 3.05) is 19.0 Å². The molecule has 1 aliphatic rings. The van der Waals surface area contributed by atoms with Crippen molar-refractivity contribution < 1.29 is 14.3 Å². The smallest absolute Gasteiger partial charge is 0.264 e. The molecule has 0 radical (unpaired) electrons. The molecule has 5 nitrogen and oxygen atoms in total. The van der Waals surface area contributed by atoms with Crippen LogP contribution in [0.5, 0.6) is 5.75 Å². The van der Waals surface area contributed by atoms with Crippen LogP contribution in [0.25, 0.3) is 0 Å². The number of ether oxygens (including phenoxy) is 1. The molecule has 1 aliphatic heterocycles. The highest BCUT2D eigenvalue weighted by Gasteiger charge is 2.34. The number of nitrogens with zero attached hydrogens (tertiary/aromatic N) is 1. The molecule has 0 bridgehead atoms. The number of carbonyl (C=O) groups excluding carboxylic acids is 2. The number of hydrogen-bond acceptors (Lipinski definition) is 4. The maximum absolute atomic E-state index is 12.6. The van der Waals surface area contributed by atoms with Gasteiger partial charge in [-0.2, -0.15) is 0 Å². The second-order valence-corrected chi connectivity index (χ2v) is 6.83. The molecule has 2 amide bonds. The fourth-order valence-electron chi connectivity index (χ4n) is 2.79. The van der Waals surface area contributed by atoms with E-state index in [1.807, 2.05) is 11.4 Å². The van der Waals surface area contributed by atoms with Crippen molar-refractivity contribution in [1.82, 2.24) is 4.90 Å². The lowest BCUT2D eigenvalue weighted by Gasteiger charge is -2.23. The van der Waals surface area contributed by atoms with Crippen molar-refractivity contribution in [3.63, 3.8) is 0 Å². The van der Waals surface area contributed by atoms with Crippen LogP contribution in [0.4, 0.5) is 5.69 Å². The Hall–Kier alpha value is -2.05.